The maximum Gasteiger partial charge on any atom is 0.330 e. The fourth-order valence-electron chi connectivity index (χ4n) is 2.58. The van der Waals surface area contributed by atoms with Gasteiger partial charge in [0.25, 0.3) is 5.56 Å². The standard InChI is InChI=1S/C17H24N4O4S/c1-3-4-7-21-15(18)14(16(23)19-17(21)24)20(8-9-25-2)13(22)11-12-6-5-10-26-12/h5-6,10H,3-4,7-9,11,18H2,1-2H3,(H,19,23,24). The van der Waals surface area contributed by atoms with Crippen LogP contribution in [-0.4, -0.2) is 35.7 Å². The second kappa shape index (κ2) is 9.35. The summed E-state index contributed by atoms with van der Waals surface area (Å²) in [4.78, 5) is 41.8. The molecule has 0 bridgehead atoms. The maximum atomic E-state index is 12.8. The molecule has 0 atom stereocenters. The van der Waals surface area contributed by atoms with Gasteiger partial charge < -0.3 is 15.4 Å². The minimum atomic E-state index is -0.670. The van der Waals surface area contributed by atoms with Crippen molar-refractivity contribution in [3.63, 3.8) is 0 Å². The van der Waals surface area contributed by atoms with E-state index >= 15 is 0 Å². The zero-order valence-electron chi connectivity index (χ0n) is 15.0. The summed E-state index contributed by atoms with van der Waals surface area (Å²) >= 11 is 1.46. The number of nitrogen functional groups attached to an aromatic ring is 1. The number of unbranched alkanes of at least 4 members (excludes halogenated alkanes) is 1. The van der Waals surface area contributed by atoms with Gasteiger partial charge in [-0.05, 0) is 17.9 Å². The minimum absolute atomic E-state index is 0.000640. The molecule has 2 aromatic rings. The Kier molecular flexibility index (Phi) is 7.16. The summed E-state index contributed by atoms with van der Waals surface area (Å²) in [6.45, 7) is 2.77. The summed E-state index contributed by atoms with van der Waals surface area (Å²) in [5.41, 5.74) is 4.88. The van der Waals surface area contributed by atoms with Crippen LogP contribution in [0.25, 0.3) is 0 Å². The number of aromatic amines is 1. The van der Waals surface area contributed by atoms with Crippen molar-refractivity contribution in [3.05, 3.63) is 43.2 Å². The Hall–Kier alpha value is -2.39. The van der Waals surface area contributed by atoms with E-state index in [2.05, 4.69) is 4.98 Å². The molecule has 2 heterocycles. The quantitative estimate of drug-likeness (QED) is 0.679. The first kappa shape index (κ1) is 19.9. The van der Waals surface area contributed by atoms with E-state index in [1.54, 1.807) is 0 Å². The van der Waals surface area contributed by atoms with Gasteiger partial charge in [0, 0.05) is 25.1 Å². The van der Waals surface area contributed by atoms with Gasteiger partial charge in [-0.15, -0.1) is 11.3 Å². The van der Waals surface area contributed by atoms with E-state index in [1.165, 1.54) is 27.9 Å². The van der Waals surface area contributed by atoms with E-state index in [0.717, 1.165) is 17.7 Å². The molecule has 0 aliphatic heterocycles. The molecule has 0 saturated heterocycles. The van der Waals surface area contributed by atoms with Crippen molar-refractivity contribution in [1.29, 1.82) is 0 Å². The molecule has 8 nitrogen and oxygen atoms in total. The van der Waals surface area contributed by atoms with Crippen molar-refractivity contribution >= 4 is 28.7 Å². The lowest BCUT2D eigenvalue weighted by molar-refractivity contribution is -0.118. The molecule has 1 amide bonds. The Morgan fingerprint density at radius 3 is 2.81 bits per heavy atom. The molecule has 0 unspecified atom stereocenters. The Balaban J connectivity index is 2.44. The summed E-state index contributed by atoms with van der Waals surface area (Å²) in [5, 5.41) is 1.88. The van der Waals surface area contributed by atoms with Crippen molar-refractivity contribution in [2.45, 2.75) is 32.7 Å². The molecule has 0 radical (unpaired) electrons. The van der Waals surface area contributed by atoms with Crippen molar-refractivity contribution in [2.75, 3.05) is 30.9 Å². The summed E-state index contributed by atoms with van der Waals surface area (Å²) in [7, 11) is 1.51. The predicted octanol–water partition coefficient (Wildman–Crippen LogP) is 1.20. The van der Waals surface area contributed by atoms with Gasteiger partial charge in [-0.1, -0.05) is 19.4 Å². The van der Waals surface area contributed by atoms with Crippen molar-refractivity contribution in [2.24, 2.45) is 0 Å². The molecule has 0 spiro atoms. The summed E-state index contributed by atoms with van der Waals surface area (Å²) in [5.74, 6) is -0.273. The van der Waals surface area contributed by atoms with Gasteiger partial charge in [-0.25, -0.2) is 4.79 Å². The van der Waals surface area contributed by atoms with E-state index in [-0.39, 0.29) is 37.0 Å². The van der Waals surface area contributed by atoms with Crippen LogP contribution < -0.4 is 21.9 Å². The predicted molar refractivity (Wildman–Crippen MR) is 103 cm³/mol. The molecule has 2 aromatic heterocycles. The highest BCUT2D eigenvalue weighted by Gasteiger charge is 2.24. The molecule has 0 aliphatic carbocycles. The first-order chi connectivity index (χ1) is 12.5. The third kappa shape index (κ3) is 4.61. The van der Waals surface area contributed by atoms with Gasteiger partial charge >= 0.3 is 5.69 Å². The van der Waals surface area contributed by atoms with Crippen LogP contribution in [0.4, 0.5) is 11.5 Å². The first-order valence-corrected chi connectivity index (χ1v) is 9.31. The number of ether oxygens (including phenoxy) is 1. The SMILES string of the molecule is CCCCn1c(N)c(N(CCOC)C(=O)Cc2cccs2)c(=O)[nH]c1=O. The Morgan fingerprint density at radius 1 is 1.42 bits per heavy atom. The molecular formula is C17H24N4O4S. The fourth-order valence-corrected chi connectivity index (χ4v) is 3.27. The number of nitrogens with one attached hydrogen (secondary N) is 1. The van der Waals surface area contributed by atoms with Crippen LogP contribution in [-0.2, 0) is 22.5 Å². The van der Waals surface area contributed by atoms with E-state index in [4.69, 9.17) is 10.5 Å². The molecule has 142 valence electrons. The van der Waals surface area contributed by atoms with Gasteiger partial charge in [0.05, 0.1) is 13.0 Å². The number of H-pyrrole nitrogens is 1. The summed E-state index contributed by atoms with van der Waals surface area (Å²) in [6, 6.07) is 3.71. The zero-order chi connectivity index (χ0) is 19.1. The zero-order valence-corrected chi connectivity index (χ0v) is 15.8. The van der Waals surface area contributed by atoms with Crippen molar-refractivity contribution in [3.8, 4) is 0 Å². The Morgan fingerprint density at radius 2 is 2.19 bits per heavy atom. The number of carbonyl (C=O) groups excluding carboxylic acids is 1. The molecule has 9 heteroatoms. The number of aromatic nitrogens is 2. The van der Waals surface area contributed by atoms with Crippen molar-refractivity contribution in [1.82, 2.24) is 9.55 Å². The van der Waals surface area contributed by atoms with E-state index < -0.39 is 11.2 Å². The molecule has 0 aliphatic rings. The molecule has 0 fully saturated rings. The molecular weight excluding hydrogens is 356 g/mol. The van der Waals surface area contributed by atoms with Crippen LogP contribution in [0, 0.1) is 0 Å². The average Bonchev–Trinajstić information content (AvgIpc) is 3.10. The number of nitrogens with two attached hydrogens (primary N) is 1. The third-order valence-electron chi connectivity index (χ3n) is 3.94. The molecule has 3 N–H and O–H groups in total. The van der Waals surface area contributed by atoms with E-state index in [0.29, 0.717) is 6.54 Å². The highest BCUT2D eigenvalue weighted by atomic mass is 32.1. The smallest absolute Gasteiger partial charge is 0.330 e. The van der Waals surface area contributed by atoms with Gasteiger partial charge in [0.2, 0.25) is 5.91 Å². The number of nitrogens with zero attached hydrogens (tertiary/aromatic N) is 2. The van der Waals surface area contributed by atoms with Crippen molar-refractivity contribution < 1.29 is 9.53 Å². The first-order valence-electron chi connectivity index (χ1n) is 8.43. The van der Waals surface area contributed by atoms with Gasteiger partial charge in [0.1, 0.15) is 5.82 Å². The lowest BCUT2D eigenvalue weighted by Crippen LogP contribution is -2.43. The molecule has 0 saturated carbocycles. The summed E-state index contributed by atoms with van der Waals surface area (Å²) in [6.07, 6.45) is 1.75. The highest BCUT2D eigenvalue weighted by molar-refractivity contribution is 7.10. The van der Waals surface area contributed by atoms with Gasteiger partial charge in [0.15, 0.2) is 5.69 Å². The van der Waals surface area contributed by atoms with Crippen LogP contribution in [0.5, 0.6) is 0 Å². The van der Waals surface area contributed by atoms with Crippen LogP contribution in [0.1, 0.15) is 24.6 Å². The Labute approximate surface area is 155 Å². The largest absolute Gasteiger partial charge is 0.383 e. The van der Waals surface area contributed by atoms with Crippen LogP contribution in [0.3, 0.4) is 0 Å². The molecule has 2 rings (SSSR count). The number of hydrogen-bond acceptors (Lipinski definition) is 6. The van der Waals surface area contributed by atoms with Gasteiger partial charge in [-0.3, -0.25) is 19.1 Å². The topological polar surface area (TPSA) is 110 Å². The average molecular weight is 380 g/mol. The number of methoxy groups -OCH3 is 1. The highest BCUT2D eigenvalue weighted by Crippen LogP contribution is 2.19. The minimum Gasteiger partial charge on any atom is -0.383 e. The number of rotatable bonds is 9. The molecule has 0 aromatic carbocycles. The monoisotopic (exact) mass is 380 g/mol. The Bertz CT molecular complexity index is 841. The van der Waals surface area contributed by atoms with Crippen LogP contribution in [0.15, 0.2) is 27.1 Å². The second-order valence-corrected chi connectivity index (χ2v) is 6.82. The van der Waals surface area contributed by atoms with Crippen LogP contribution in [0.2, 0.25) is 0 Å². The van der Waals surface area contributed by atoms with Crippen LogP contribution >= 0.6 is 11.3 Å². The number of thiophene rings is 1. The van der Waals surface area contributed by atoms with E-state index in [1.807, 2.05) is 24.4 Å². The normalized spacial score (nSPS) is 10.8. The lowest BCUT2D eigenvalue weighted by Gasteiger charge is -2.24. The maximum absolute atomic E-state index is 12.8. The van der Waals surface area contributed by atoms with Gasteiger partial charge in [-0.2, -0.15) is 0 Å². The fraction of sp³-hybridized carbons (Fsp3) is 0.471. The number of carbonyl (C=O) groups is 1. The number of anilines is 2. The lowest BCUT2D eigenvalue weighted by atomic mass is 10.2. The molecule has 26 heavy (non-hydrogen) atoms. The number of hydrogen-bond donors (Lipinski definition) is 2. The summed E-state index contributed by atoms with van der Waals surface area (Å²) < 4.78 is 6.37. The van der Waals surface area contributed by atoms with E-state index in [9.17, 15) is 14.4 Å². The third-order valence-corrected chi connectivity index (χ3v) is 4.82. The number of amides is 1. The second-order valence-electron chi connectivity index (χ2n) is 5.79.